The average molecular weight is 430 g/mol. The van der Waals surface area contributed by atoms with Crippen LogP contribution < -0.4 is 5.32 Å². The highest BCUT2D eigenvalue weighted by Gasteiger charge is 2.52. The molecule has 1 N–H and O–H groups in total. The first-order valence-corrected chi connectivity index (χ1v) is 8.28. The lowest BCUT2D eigenvalue weighted by Crippen LogP contribution is -2.56. The number of hydrogen-bond donors (Lipinski definition) is 1. The number of nitrogens with one attached hydrogen (secondary N) is 1. The zero-order valence-corrected chi connectivity index (χ0v) is 15.4. The van der Waals surface area contributed by atoms with Gasteiger partial charge in [0.1, 0.15) is 5.69 Å². The van der Waals surface area contributed by atoms with Crippen LogP contribution >= 0.6 is 0 Å². The van der Waals surface area contributed by atoms with Gasteiger partial charge < -0.3 is 19.5 Å². The number of esters is 1. The van der Waals surface area contributed by atoms with E-state index in [9.17, 15) is 27.2 Å². The molecule has 0 unspecified atom stereocenters. The molecule has 1 aliphatic rings. The molecule has 0 aromatic heterocycles. The Labute approximate surface area is 166 Å². The largest absolute Gasteiger partial charge is 0.465 e. The van der Waals surface area contributed by atoms with Gasteiger partial charge in [-0.05, 0) is 12.5 Å². The van der Waals surface area contributed by atoms with Crippen molar-refractivity contribution in [3.05, 3.63) is 39.3 Å². The average Bonchev–Trinajstić information content (AvgIpc) is 2.74. The highest BCUT2D eigenvalue weighted by molar-refractivity contribution is 6.03. The summed E-state index contributed by atoms with van der Waals surface area (Å²) in [5.41, 5.74) is 3.39. The van der Waals surface area contributed by atoms with E-state index >= 15 is 0 Å². The maximum absolute atomic E-state index is 14.3. The Balaban J connectivity index is 2.39. The first-order chi connectivity index (χ1) is 14.2. The molecule has 1 aliphatic heterocycles. The lowest BCUT2D eigenvalue weighted by atomic mass is 9.87. The number of azide groups is 1. The fourth-order valence-electron chi connectivity index (χ4n) is 2.58. The Morgan fingerprint density at radius 1 is 1.27 bits per heavy atom. The van der Waals surface area contributed by atoms with Gasteiger partial charge in [0.15, 0.2) is 35.0 Å². The number of amides is 1. The fourth-order valence-corrected chi connectivity index (χ4v) is 2.58. The molecule has 0 radical (unpaired) electrons. The Kier molecular flexibility index (Phi) is 7.23. The minimum absolute atomic E-state index is 0.104. The molecule has 0 atom stereocenters. The van der Waals surface area contributed by atoms with Crippen LogP contribution in [-0.2, 0) is 23.8 Å². The van der Waals surface area contributed by atoms with E-state index in [2.05, 4.69) is 21.3 Å². The van der Waals surface area contributed by atoms with E-state index in [1.165, 1.54) is 6.92 Å². The van der Waals surface area contributed by atoms with Crippen LogP contribution in [0.2, 0.25) is 0 Å². The molecule has 0 spiro atoms. The lowest BCUT2D eigenvalue weighted by molar-refractivity contribution is -0.238. The van der Waals surface area contributed by atoms with Crippen molar-refractivity contribution in [2.24, 2.45) is 10.5 Å². The van der Waals surface area contributed by atoms with Gasteiger partial charge in [0.05, 0.1) is 31.9 Å². The summed E-state index contributed by atoms with van der Waals surface area (Å²) in [6, 6.07) is 0. The van der Waals surface area contributed by atoms with Gasteiger partial charge in [-0.2, -0.15) is 0 Å². The molecule has 9 nitrogen and oxygen atoms in total. The van der Waals surface area contributed by atoms with Crippen LogP contribution in [0.3, 0.4) is 0 Å². The molecule has 0 aliphatic carbocycles. The van der Waals surface area contributed by atoms with Crippen molar-refractivity contribution in [2.45, 2.75) is 13.2 Å². The van der Waals surface area contributed by atoms with Crippen LogP contribution in [0.5, 0.6) is 0 Å². The van der Waals surface area contributed by atoms with E-state index in [0.717, 1.165) is 0 Å². The van der Waals surface area contributed by atoms with Gasteiger partial charge in [0, 0.05) is 4.91 Å². The third kappa shape index (κ3) is 4.02. The molecule has 160 valence electrons. The van der Waals surface area contributed by atoms with Crippen LogP contribution in [0, 0.1) is 41.0 Å². The van der Waals surface area contributed by atoms with Crippen LogP contribution in [0.1, 0.15) is 18.8 Å². The van der Waals surface area contributed by atoms with Gasteiger partial charge in [0.25, 0.3) is 0 Å². The van der Waals surface area contributed by atoms with Crippen molar-refractivity contribution in [1.82, 2.24) is 5.32 Å². The quantitative estimate of drug-likeness (QED) is 0.109. The summed E-state index contributed by atoms with van der Waals surface area (Å²) >= 11 is 0. The first-order valence-electron chi connectivity index (χ1n) is 8.28. The van der Waals surface area contributed by atoms with E-state index < -0.39 is 71.3 Å². The smallest absolute Gasteiger partial charge is 0.326 e. The van der Waals surface area contributed by atoms with Crippen molar-refractivity contribution in [3.63, 3.8) is 0 Å². The molecule has 1 heterocycles. The molecule has 1 aromatic rings. The van der Waals surface area contributed by atoms with Gasteiger partial charge in [-0.1, -0.05) is 11.0 Å². The predicted molar refractivity (Wildman–Crippen MR) is 90.6 cm³/mol. The first kappa shape index (κ1) is 23.0. The second kappa shape index (κ2) is 9.45. The number of carbonyl (C=O) groups excluding carboxylic acids is 2. The number of carbonyl (C=O) groups is 2. The van der Waals surface area contributed by atoms with Crippen LogP contribution in [0.25, 0.3) is 10.4 Å². The third-order valence-electron chi connectivity index (χ3n) is 4.07. The minimum Gasteiger partial charge on any atom is -0.465 e. The monoisotopic (exact) mass is 430 g/mol. The molecule has 1 aromatic carbocycles. The van der Waals surface area contributed by atoms with Crippen LogP contribution in [0.15, 0.2) is 5.11 Å². The number of hydrogen-bond acceptors (Lipinski definition) is 6. The second-order valence-electron chi connectivity index (χ2n) is 5.85. The number of terminal acetylenes is 1. The summed E-state index contributed by atoms with van der Waals surface area (Å²) in [7, 11) is 0. The third-order valence-corrected chi connectivity index (χ3v) is 4.07. The van der Waals surface area contributed by atoms with Crippen molar-refractivity contribution < 1.29 is 41.4 Å². The van der Waals surface area contributed by atoms with E-state index in [4.69, 9.17) is 26.2 Å². The van der Waals surface area contributed by atoms with Crippen LogP contribution in [0.4, 0.5) is 23.2 Å². The molecule has 30 heavy (non-hydrogen) atoms. The summed E-state index contributed by atoms with van der Waals surface area (Å²) in [6.07, 6.45) is 3.03. The maximum Gasteiger partial charge on any atom is 0.326 e. The van der Waals surface area contributed by atoms with Crippen LogP contribution in [-0.4, -0.2) is 38.2 Å². The molecule has 1 amide bonds. The molecule has 1 fully saturated rings. The fraction of sp³-hybridized carbons (Fsp3) is 0.412. The van der Waals surface area contributed by atoms with E-state index in [1.54, 1.807) is 0 Å². The minimum atomic E-state index is -2.07. The van der Waals surface area contributed by atoms with Crippen molar-refractivity contribution in [2.75, 3.05) is 26.4 Å². The molecule has 1 saturated heterocycles. The number of rotatable bonds is 6. The summed E-state index contributed by atoms with van der Waals surface area (Å²) in [6.45, 7) is -0.475. The summed E-state index contributed by atoms with van der Waals surface area (Å²) in [5.74, 6) is -7.67. The summed E-state index contributed by atoms with van der Waals surface area (Å²) in [5, 5.41) is 4.82. The zero-order valence-electron chi connectivity index (χ0n) is 15.4. The van der Waals surface area contributed by atoms with Gasteiger partial charge >= 0.3 is 5.97 Å². The Bertz CT molecular complexity index is 921. The zero-order chi connectivity index (χ0) is 22.5. The number of ether oxygens (including phenoxy) is 3. The highest BCUT2D eigenvalue weighted by atomic mass is 19.2. The number of halogens is 4. The van der Waals surface area contributed by atoms with Gasteiger partial charge in [0.2, 0.25) is 5.91 Å². The maximum atomic E-state index is 14.3. The SMILES string of the molecule is C#CCNC(=O)C1(C(=O)OCC)COC(c2c(F)c(F)c(N=[N+]=[N-])c(F)c2F)OC1. The Morgan fingerprint density at radius 3 is 2.30 bits per heavy atom. The molecule has 0 bridgehead atoms. The predicted octanol–water partition coefficient (Wildman–Crippen LogP) is 2.53. The lowest BCUT2D eigenvalue weighted by Gasteiger charge is -2.36. The second-order valence-corrected chi connectivity index (χ2v) is 5.85. The van der Waals surface area contributed by atoms with Crippen molar-refractivity contribution in [1.29, 1.82) is 0 Å². The topological polar surface area (TPSA) is 123 Å². The van der Waals surface area contributed by atoms with E-state index in [1.807, 2.05) is 0 Å². The highest BCUT2D eigenvalue weighted by Crippen LogP contribution is 2.39. The molecule has 2 rings (SSSR count). The van der Waals surface area contributed by atoms with Gasteiger partial charge in [-0.15, -0.1) is 6.42 Å². The Morgan fingerprint density at radius 2 is 1.83 bits per heavy atom. The standard InChI is InChI=1S/C17H14F4N4O5/c1-3-5-23-15(26)17(16(27)28-4-2)6-29-14(30-7-17)8-9(18)11(20)13(24-25-22)12(21)10(8)19/h1,14H,4-7H2,2H3,(H,23,26). The van der Waals surface area contributed by atoms with Gasteiger partial charge in [-0.25, -0.2) is 17.6 Å². The van der Waals surface area contributed by atoms with E-state index in [0.29, 0.717) is 0 Å². The number of benzene rings is 1. The normalized spacial score (nSPS) is 20.6. The van der Waals surface area contributed by atoms with Gasteiger partial charge in [-0.3, -0.25) is 9.59 Å². The molecular formula is C17H14F4N4O5. The van der Waals surface area contributed by atoms with E-state index in [-0.39, 0.29) is 13.2 Å². The van der Waals surface area contributed by atoms with Crippen molar-refractivity contribution in [3.8, 4) is 12.3 Å². The van der Waals surface area contributed by atoms with Crippen molar-refractivity contribution >= 4 is 17.6 Å². The Hall–Kier alpha value is -3.33. The molecule has 0 saturated carbocycles. The summed E-state index contributed by atoms with van der Waals surface area (Å²) in [4.78, 5) is 26.8. The number of nitrogens with zero attached hydrogens (tertiary/aromatic N) is 3. The molecule has 13 heteroatoms. The molecular weight excluding hydrogens is 416 g/mol. The summed E-state index contributed by atoms with van der Waals surface area (Å²) < 4.78 is 71.5.